The van der Waals surface area contributed by atoms with Gasteiger partial charge in [0.15, 0.2) is 0 Å². The molecule has 0 amide bonds. The first kappa shape index (κ1) is 17.1. The minimum Gasteiger partial charge on any atom is -0.494 e. The van der Waals surface area contributed by atoms with Gasteiger partial charge in [0.2, 0.25) is 0 Å². The lowest BCUT2D eigenvalue weighted by Crippen LogP contribution is -2.12. The van der Waals surface area contributed by atoms with E-state index in [2.05, 4.69) is 0 Å². The number of carboxylic acid groups (broad SMARTS) is 1. The van der Waals surface area contributed by atoms with Crippen LogP contribution in [0.15, 0.2) is 18.2 Å². The lowest BCUT2D eigenvalue weighted by molar-refractivity contribution is -0.143. The fourth-order valence-corrected chi connectivity index (χ4v) is 1.42. The molecule has 0 atom stereocenters. The predicted octanol–water partition coefficient (Wildman–Crippen LogP) is 3.97. The van der Waals surface area contributed by atoms with Crippen molar-refractivity contribution in [2.45, 2.75) is 25.2 Å². The van der Waals surface area contributed by atoms with Gasteiger partial charge in [-0.25, -0.2) is 0 Å². The second-order valence-electron chi connectivity index (χ2n) is 4.09. The Morgan fingerprint density at radius 2 is 1.48 bits per heavy atom. The molecule has 0 aliphatic rings. The Morgan fingerprint density at radius 3 is 1.86 bits per heavy atom. The van der Waals surface area contributed by atoms with Gasteiger partial charge in [0.25, 0.3) is 0 Å². The molecular weight excluding hydrogens is 306 g/mol. The molecule has 0 unspecified atom stereocenters. The van der Waals surface area contributed by atoms with Gasteiger partial charge >= 0.3 is 18.3 Å². The van der Waals surface area contributed by atoms with Gasteiger partial charge in [0, 0.05) is 6.42 Å². The second-order valence-corrected chi connectivity index (χ2v) is 4.09. The third-order valence-electron chi connectivity index (χ3n) is 2.36. The number of hydrogen-bond acceptors (Lipinski definition) is 2. The van der Waals surface area contributed by atoms with E-state index in [1.54, 1.807) is 0 Å². The number of benzene rings is 1. The van der Waals surface area contributed by atoms with Crippen molar-refractivity contribution in [3.05, 3.63) is 29.3 Å². The molecule has 0 aliphatic carbocycles. The second kappa shape index (κ2) is 6.23. The fourth-order valence-electron chi connectivity index (χ4n) is 1.42. The van der Waals surface area contributed by atoms with Crippen molar-refractivity contribution < 1.29 is 41.0 Å². The Morgan fingerprint density at radius 1 is 1.00 bits per heavy atom. The van der Waals surface area contributed by atoms with Gasteiger partial charge in [0.1, 0.15) is 5.75 Å². The molecule has 0 radical (unpaired) electrons. The zero-order valence-electron chi connectivity index (χ0n) is 10.4. The summed E-state index contributed by atoms with van der Waals surface area (Å²) in [6.07, 6.45) is -10.2. The van der Waals surface area contributed by atoms with E-state index in [0.717, 1.165) is 0 Å². The Kier molecular flexibility index (Phi) is 5.08. The summed E-state index contributed by atoms with van der Waals surface area (Å²) < 4.78 is 79.9. The predicted molar refractivity (Wildman–Crippen MR) is 58.8 cm³/mol. The summed E-state index contributed by atoms with van der Waals surface area (Å²) >= 11 is 0. The van der Waals surface area contributed by atoms with E-state index in [-0.39, 0.29) is 25.5 Å². The summed E-state index contributed by atoms with van der Waals surface area (Å²) in [6.45, 7) is -0.301. The van der Waals surface area contributed by atoms with E-state index in [1.807, 2.05) is 0 Å². The van der Waals surface area contributed by atoms with Gasteiger partial charge in [-0.3, -0.25) is 4.79 Å². The topological polar surface area (TPSA) is 46.5 Å². The first-order chi connectivity index (χ1) is 9.50. The van der Waals surface area contributed by atoms with E-state index in [1.165, 1.54) is 0 Å². The Balaban J connectivity index is 2.95. The highest BCUT2D eigenvalue weighted by Crippen LogP contribution is 2.38. The van der Waals surface area contributed by atoms with Crippen LogP contribution in [0.25, 0.3) is 0 Å². The molecule has 1 rings (SSSR count). The molecule has 0 heterocycles. The molecule has 3 nitrogen and oxygen atoms in total. The smallest absolute Gasteiger partial charge is 0.416 e. The van der Waals surface area contributed by atoms with Crippen molar-refractivity contribution >= 4 is 5.97 Å². The highest BCUT2D eigenvalue weighted by atomic mass is 19.4. The van der Waals surface area contributed by atoms with Crippen molar-refractivity contribution in [1.29, 1.82) is 0 Å². The molecule has 118 valence electrons. The van der Waals surface area contributed by atoms with Crippen molar-refractivity contribution in [1.82, 2.24) is 0 Å². The van der Waals surface area contributed by atoms with Crippen LogP contribution in [0.2, 0.25) is 0 Å². The molecule has 0 aromatic heterocycles. The number of halogens is 6. The van der Waals surface area contributed by atoms with Crippen molar-refractivity contribution in [3.8, 4) is 5.75 Å². The number of carboxylic acids is 1. The lowest BCUT2D eigenvalue weighted by atomic mass is 10.1. The van der Waals surface area contributed by atoms with Crippen molar-refractivity contribution in [3.63, 3.8) is 0 Å². The number of rotatable bonds is 5. The van der Waals surface area contributed by atoms with Crippen molar-refractivity contribution in [2.24, 2.45) is 0 Å². The standard InChI is InChI=1S/C12H10F6O3/c13-11(14,15)7-4-8(12(16,17)18)6-9(5-7)21-3-1-2-10(19)20/h4-6H,1-3H2,(H,19,20). The average molecular weight is 316 g/mol. The van der Waals surface area contributed by atoms with Gasteiger partial charge in [-0.1, -0.05) is 0 Å². The number of carbonyl (C=O) groups is 1. The zero-order chi connectivity index (χ0) is 16.3. The molecule has 1 aromatic rings. The maximum atomic E-state index is 12.5. The zero-order valence-corrected chi connectivity index (χ0v) is 10.4. The van der Waals surface area contributed by atoms with Crippen LogP contribution in [0.5, 0.6) is 5.75 Å². The summed E-state index contributed by atoms with van der Waals surface area (Å²) in [5.41, 5.74) is -2.96. The van der Waals surface area contributed by atoms with Crippen LogP contribution >= 0.6 is 0 Å². The van der Waals surface area contributed by atoms with E-state index < -0.39 is 35.2 Å². The maximum absolute atomic E-state index is 12.5. The molecule has 0 saturated heterocycles. The monoisotopic (exact) mass is 316 g/mol. The minimum absolute atomic E-state index is 0.00981. The van der Waals surface area contributed by atoms with Crippen molar-refractivity contribution in [2.75, 3.05) is 6.61 Å². The van der Waals surface area contributed by atoms with Gasteiger partial charge in [-0.05, 0) is 24.6 Å². The van der Waals surface area contributed by atoms with Crippen LogP contribution in [0.1, 0.15) is 24.0 Å². The molecule has 0 aliphatic heterocycles. The molecule has 21 heavy (non-hydrogen) atoms. The van der Waals surface area contributed by atoms with Gasteiger partial charge < -0.3 is 9.84 Å². The van der Waals surface area contributed by atoms with Gasteiger partial charge in [-0.15, -0.1) is 0 Å². The summed E-state index contributed by atoms with van der Waals surface area (Å²) in [6, 6.07) is 0.871. The normalized spacial score (nSPS) is 12.3. The summed E-state index contributed by atoms with van der Waals surface area (Å²) in [5, 5.41) is 8.36. The van der Waals surface area contributed by atoms with Crippen LogP contribution in [-0.2, 0) is 17.1 Å². The number of ether oxygens (including phenoxy) is 1. The van der Waals surface area contributed by atoms with Crippen LogP contribution in [-0.4, -0.2) is 17.7 Å². The molecule has 1 aromatic carbocycles. The maximum Gasteiger partial charge on any atom is 0.416 e. The van der Waals surface area contributed by atoms with E-state index in [9.17, 15) is 31.1 Å². The van der Waals surface area contributed by atoms with Crippen LogP contribution in [0.4, 0.5) is 26.3 Å². The molecule has 0 bridgehead atoms. The third kappa shape index (κ3) is 5.52. The molecule has 9 heteroatoms. The summed E-state index contributed by atoms with van der Waals surface area (Å²) in [7, 11) is 0. The van der Waals surface area contributed by atoms with E-state index in [0.29, 0.717) is 12.1 Å². The summed E-state index contributed by atoms with van der Waals surface area (Å²) in [5.74, 6) is -1.75. The SMILES string of the molecule is O=C(O)CCCOc1cc(C(F)(F)F)cc(C(F)(F)F)c1. The van der Waals surface area contributed by atoms with Crippen LogP contribution < -0.4 is 4.74 Å². The number of alkyl halides is 6. The average Bonchev–Trinajstić information content (AvgIpc) is 2.32. The Labute approximate surface area is 115 Å². The van der Waals surface area contributed by atoms with Gasteiger partial charge in [-0.2, -0.15) is 26.3 Å². The highest BCUT2D eigenvalue weighted by Gasteiger charge is 2.37. The fraction of sp³-hybridized carbons (Fsp3) is 0.417. The largest absolute Gasteiger partial charge is 0.494 e. The third-order valence-corrected chi connectivity index (χ3v) is 2.36. The molecule has 0 saturated carbocycles. The van der Waals surface area contributed by atoms with Crippen LogP contribution in [0.3, 0.4) is 0 Å². The number of hydrogen-bond donors (Lipinski definition) is 1. The minimum atomic E-state index is -4.94. The van der Waals surface area contributed by atoms with E-state index >= 15 is 0 Å². The Hall–Kier alpha value is -1.93. The molecule has 0 fully saturated rings. The molecular formula is C12H10F6O3. The van der Waals surface area contributed by atoms with E-state index in [4.69, 9.17) is 9.84 Å². The first-order valence-corrected chi connectivity index (χ1v) is 5.64. The Bertz CT molecular complexity index is 474. The van der Waals surface area contributed by atoms with Crippen LogP contribution in [0, 0.1) is 0 Å². The number of aliphatic carboxylic acids is 1. The lowest BCUT2D eigenvalue weighted by Gasteiger charge is -2.14. The quantitative estimate of drug-likeness (QED) is 0.660. The molecule has 0 spiro atoms. The highest BCUT2D eigenvalue weighted by molar-refractivity contribution is 5.66. The summed E-state index contributed by atoms with van der Waals surface area (Å²) in [4.78, 5) is 10.2. The first-order valence-electron chi connectivity index (χ1n) is 5.64. The van der Waals surface area contributed by atoms with Gasteiger partial charge in [0.05, 0.1) is 17.7 Å². The molecule has 1 N–H and O–H groups in total.